The average molecular weight is 898 g/mol. The van der Waals surface area contributed by atoms with Crippen molar-refractivity contribution < 1.29 is 33.1 Å². The SMILES string of the molecule is O=C1CCC(N2Cc3c(NC(=O)CCNCCn4ncc(CNC(=O)C5(Cc6cccc(Nc7nccs7)n6)CCC(Oc6cccc(Cl)c6F)CC5)n4)cccc3C2=O)C(=O)N1. The molecule has 328 valence electrons. The van der Waals surface area contributed by atoms with Gasteiger partial charge >= 0.3 is 0 Å². The molecule has 2 fully saturated rings. The van der Waals surface area contributed by atoms with Crippen molar-refractivity contribution in [1.29, 1.82) is 0 Å². The van der Waals surface area contributed by atoms with E-state index in [-0.39, 0.29) is 72.9 Å². The van der Waals surface area contributed by atoms with Gasteiger partial charge in [0.15, 0.2) is 16.7 Å². The van der Waals surface area contributed by atoms with Gasteiger partial charge in [0.25, 0.3) is 5.91 Å². The number of rotatable bonds is 17. The summed E-state index contributed by atoms with van der Waals surface area (Å²) in [5.74, 6) is -1.46. The van der Waals surface area contributed by atoms with E-state index < -0.39 is 23.2 Å². The quantitative estimate of drug-likeness (QED) is 0.0622. The van der Waals surface area contributed by atoms with Crippen LogP contribution in [0.25, 0.3) is 0 Å². The molecule has 1 saturated carbocycles. The zero-order chi connectivity index (χ0) is 43.9. The first-order chi connectivity index (χ1) is 30.5. The summed E-state index contributed by atoms with van der Waals surface area (Å²) < 4.78 is 20.7. The standard InChI is InChI=1S/C43H45ClFN11O6S/c44-31-6-3-8-34(38(31)45)62-28-12-15-43(16-13-28,22-26-4-1-9-35(50-26)52-42-47-19-21-63-42)41(61)48-23-27-24-49-56(54-27)20-18-46-17-14-37(58)51-32-7-2-5-29-30(32)25-55(40(29)60)33-10-11-36(57)53-39(33)59/h1-9,19,21,24,28,33,46H,10-18,20,22-23,25H2,(H,48,61)(H,51,58)(H,47,50,52)(H,53,57,59). The van der Waals surface area contributed by atoms with Crippen LogP contribution in [0.15, 0.2) is 72.4 Å². The highest BCUT2D eigenvalue weighted by Gasteiger charge is 2.43. The van der Waals surface area contributed by atoms with E-state index in [9.17, 15) is 28.4 Å². The number of aromatic nitrogens is 5. The summed E-state index contributed by atoms with van der Waals surface area (Å²) in [6.07, 6.45) is 5.93. The minimum atomic E-state index is -0.820. The summed E-state index contributed by atoms with van der Waals surface area (Å²) >= 11 is 7.45. The molecular weight excluding hydrogens is 853 g/mol. The summed E-state index contributed by atoms with van der Waals surface area (Å²) in [5.41, 5.74) is 2.05. The molecule has 2 aliphatic heterocycles. The van der Waals surface area contributed by atoms with E-state index in [2.05, 4.69) is 41.8 Å². The molecule has 5 N–H and O–H groups in total. The second-order valence-electron chi connectivity index (χ2n) is 15.7. The summed E-state index contributed by atoms with van der Waals surface area (Å²) in [5, 5.41) is 26.2. The number of imide groups is 1. The lowest BCUT2D eigenvalue weighted by Gasteiger charge is -2.39. The summed E-state index contributed by atoms with van der Waals surface area (Å²) in [6.45, 7) is 1.56. The third kappa shape index (κ3) is 10.3. The summed E-state index contributed by atoms with van der Waals surface area (Å²) in [4.78, 5) is 76.3. The number of nitrogens with zero attached hydrogens (tertiary/aromatic N) is 6. The molecule has 8 rings (SSSR count). The van der Waals surface area contributed by atoms with Crippen LogP contribution < -0.4 is 31.3 Å². The Morgan fingerprint density at radius 1 is 1.02 bits per heavy atom. The fourth-order valence-corrected chi connectivity index (χ4v) is 8.89. The minimum Gasteiger partial charge on any atom is -0.487 e. The number of thiazole rings is 1. The molecule has 2 aromatic carbocycles. The number of piperidine rings is 1. The van der Waals surface area contributed by atoms with Crippen LogP contribution in [0.1, 0.15) is 72.3 Å². The Balaban J connectivity index is 0.814. The van der Waals surface area contributed by atoms with Crippen LogP contribution in [-0.4, -0.2) is 84.6 Å². The molecule has 0 spiro atoms. The zero-order valence-corrected chi connectivity index (χ0v) is 35.6. The first-order valence-corrected chi connectivity index (χ1v) is 22.0. The number of amides is 5. The van der Waals surface area contributed by atoms with E-state index in [0.717, 1.165) is 5.69 Å². The van der Waals surface area contributed by atoms with Gasteiger partial charge in [-0.05, 0) is 68.5 Å². The third-order valence-corrected chi connectivity index (χ3v) is 12.4. The Morgan fingerprint density at radius 2 is 1.84 bits per heavy atom. The largest absolute Gasteiger partial charge is 0.487 e. The monoisotopic (exact) mass is 897 g/mol. The third-order valence-electron chi connectivity index (χ3n) is 11.5. The van der Waals surface area contributed by atoms with E-state index in [1.54, 1.807) is 42.7 Å². The second kappa shape index (κ2) is 19.4. The number of anilines is 3. The molecule has 3 aliphatic rings. The molecule has 0 radical (unpaired) electrons. The lowest BCUT2D eigenvalue weighted by atomic mass is 9.69. The summed E-state index contributed by atoms with van der Waals surface area (Å²) in [6, 6.07) is 14.6. The van der Waals surface area contributed by atoms with Crippen LogP contribution in [0.2, 0.25) is 5.02 Å². The number of fused-ring (bicyclic) bond motifs is 1. The molecule has 5 aromatic rings. The Hall–Kier alpha value is -6.31. The maximum absolute atomic E-state index is 14.7. The average Bonchev–Trinajstić information content (AvgIpc) is 4.04. The number of pyridine rings is 1. The highest BCUT2D eigenvalue weighted by Crippen LogP contribution is 2.41. The van der Waals surface area contributed by atoms with E-state index in [4.69, 9.17) is 21.3 Å². The van der Waals surface area contributed by atoms with Crippen molar-refractivity contribution in [3.05, 3.63) is 106 Å². The van der Waals surface area contributed by atoms with Crippen LogP contribution in [0.4, 0.5) is 21.0 Å². The van der Waals surface area contributed by atoms with E-state index in [1.807, 2.05) is 23.6 Å². The first-order valence-electron chi connectivity index (χ1n) is 20.7. The van der Waals surface area contributed by atoms with E-state index in [1.165, 1.54) is 27.1 Å². The van der Waals surface area contributed by atoms with Gasteiger partial charge in [-0.25, -0.2) is 14.4 Å². The van der Waals surface area contributed by atoms with Gasteiger partial charge in [-0.1, -0.05) is 29.8 Å². The first kappa shape index (κ1) is 43.3. The molecule has 1 aliphatic carbocycles. The minimum absolute atomic E-state index is 0.0141. The van der Waals surface area contributed by atoms with Crippen molar-refractivity contribution >= 4 is 69.1 Å². The van der Waals surface area contributed by atoms with Crippen molar-refractivity contribution in [1.82, 2.24) is 45.8 Å². The lowest BCUT2D eigenvalue weighted by Crippen LogP contribution is -2.52. The topological polar surface area (TPSA) is 214 Å². The van der Waals surface area contributed by atoms with Gasteiger partial charge in [-0.2, -0.15) is 15.0 Å². The molecule has 5 heterocycles. The molecule has 0 bridgehead atoms. The number of carbonyl (C=O) groups excluding carboxylic acids is 5. The van der Waals surface area contributed by atoms with Gasteiger partial charge in [0.05, 0.1) is 35.8 Å². The summed E-state index contributed by atoms with van der Waals surface area (Å²) in [7, 11) is 0. The number of nitrogens with one attached hydrogen (secondary N) is 5. The van der Waals surface area contributed by atoms with Crippen LogP contribution >= 0.6 is 22.9 Å². The number of halogens is 2. The zero-order valence-electron chi connectivity index (χ0n) is 34.1. The highest BCUT2D eigenvalue weighted by atomic mass is 35.5. The highest BCUT2D eigenvalue weighted by molar-refractivity contribution is 7.13. The van der Waals surface area contributed by atoms with Gasteiger partial charge in [0.2, 0.25) is 23.6 Å². The predicted molar refractivity (Wildman–Crippen MR) is 231 cm³/mol. The molecule has 5 amide bonds. The van der Waals surface area contributed by atoms with Crippen LogP contribution in [0, 0.1) is 11.2 Å². The van der Waals surface area contributed by atoms with Crippen LogP contribution in [0.3, 0.4) is 0 Å². The van der Waals surface area contributed by atoms with Gasteiger partial charge in [-0.3, -0.25) is 29.3 Å². The van der Waals surface area contributed by atoms with Crippen molar-refractivity contribution in [2.45, 2.75) is 83.1 Å². The molecule has 1 unspecified atom stereocenters. The van der Waals surface area contributed by atoms with Crippen molar-refractivity contribution in [3.63, 3.8) is 0 Å². The Kier molecular flexibility index (Phi) is 13.3. The van der Waals surface area contributed by atoms with Crippen molar-refractivity contribution in [2.75, 3.05) is 23.7 Å². The molecular formula is C43H45ClFN11O6S. The Bertz CT molecular complexity index is 2500. The fourth-order valence-electron chi connectivity index (χ4n) is 8.19. The van der Waals surface area contributed by atoms with Gasteiger partial charge in [0, 0.05) is 73.0 Å². The number of hydrogen-bond donors (Lipinski definition) is 5. The van der Waals surface area contributed by atoms with Gasteiger partial charge < -0.3 is 30.9 Å². The fraction of sp³-hybridized carbons (Fsp3) is 0.372. The van der Waals surface area contributed by atoms with Crippen LogP contribution in [-0.2, 0) is 45.2 Å². The number of ether oxygens (including phenoxy) is 1. The molecule has 3 aromatic heterocycles. The van der Waals surface area contributed by atoms with Gasteiger partial charge in [0.1, 0.15) is 17.6 Å². The van der Waals surface area contributed by atoms with Crippen LogP contribution in [0.5, 0.6) is 5.75 Å². The Morgan fingerprint density at radius 3 is 2.65 bits per heavy atom. The second-order valence-corrected chi connectivity index (χ2v) is 17.0. The molecule has 1 atom stereocenters. The number of hydrogen-bond acceptors (Lipinski definition) is 13. The smallest absolute Gasteiger partial charge is 0.255 e. The number of benzene rings is 2. The van der Waals surface area contributed by atoms with Crippen molar-refractivity contribution in [2.24, 2.45) is 5.41 Å². The lowest BCUT2D eigenvalue weighted by molar-refractivity contribution is -0.137. The molecule has 20 heteroatoms. The Labute approximate surface area is 370 Å². The molecule has 17 nitrogen and oxygen atoms in total. The number of carbonyl (C=O) groups is 5. The van der Waals surface area contributed by atoms with E-state index >= 15 is 0 Å². The predicted octanol–water partition coefficient (Wildman–Crippen LogP) is 4.91. The van der Waals surface area contributed by atoms with Crippen molar-refractivity contribution in [3.8, 4) is 5.75 Å². The maximum atomic E-state index is 14.7. The normalized spacial score (nSPS) is 19.7. The molecule has 63 heavy (non-hydrogen) atoms. The maximum Gasteiger partial charge on any atom is 0.255 e. The molecule has 1 saturated heterocycles. The van der Waals surface area contributed by atoms with Gasteiger partial charge in [-0.15, -0.1) is 11.3 Å². The van der Waals surface area contributed by atoms with E-state index in [0.29, 0.717) is 85.2 Å².